The van der Waals surface area contributed by atoms with Crippen LogP contribution < -0.4 is 20.1 Å². The minimum absolute atomic E-state index is 0.185. The lowest BCUT2D eigenvalue weighted by molar-refractivity contribution is 0.102. The fraction of sp³-hybridized carbons (Fsp3) is 0.333. The third-order valence-electron chi connectivity index (χ3n) is 3.75. The summed E-state index contributed by atoms with van der Waals surface area (Å²) in [4.78, 5) is 18.7. The minimum Gasteiger partial charge on any atom is -0.454 e. The van der Waals surface area contributed by atoms with Gasteiger partial charge in [0.1, 0.15) is 5.82 Å². The van der Waals surface area contributed by atoms with Crippen LogP contribution in [0.15, 0.2) is 36.5 Å². The van der Waals surface area contributed by atoms with Gasteiger partial charge in [0.15, 0.2) is 11.5 Å². The normalized spacial score (nSPS) is 12.3. The lowest BCUT2D eigenvalue weighted by Crippen LogP contribution is -2.16. The SMILES string of the molecule is CN(C)CCCNc1ccc(NC(=O)c2ccc3c(c2)OCO3)nc1. The number of hydrogen-bond donors (Lipinski definition) is 2. The van der Waals surface area contributed by atoms with Crippen molar-refractivity contribution >= 4 is 17.4 Å². The van der Waals surface area contributed by atoms with Crippen molar-refractivity contribution in [2.75, 3.05) is 44.6 Å². The highest BCUT2D eigenvalue weighted by molar-refractivity contribution is 6.04. The molecule has 1 aliphatic rings. The standard InChI is InChI=1S/C18H22N4O3/c1-22(2)9-3-8-19-14-5-7-17(20-11-14)21-18(23)13-4-6-15-16(10-13)25-12-24-15/h4-7,10-11,19H,3,8-9,12H2,1-2H3,(H,20,21,23). The summed E-state index contributed by atoms with van der Waals surface area (Å²) in [5.74, 6) is 1.50. The molecule has 0 saturated heterocycles. The van der Waals surface area contributed by atoms with E-state index in [0.29, 0.717) is 22.9 Å². The van der Waals surface area contributed by atoms with E-state index in [1.54, 1.807) is 30.5 Å². The molecular weight excluding hydrogens is 320 g/mol. The highest BCUT2D eigenvalue weighted by Crippen LogP contribution is 2.32. The predicted octanol–water partition coefficient (Wildman–Crippen LogP) is 2.43. The van der Waals surface area contributed by atoms with Gasteiger partial charge >= 0.3 is 0 Å². The van der Waals surface area contributed by atoms with Crippen LogP contribution in [0.3, 0.4) is 0 Å². The molecule has 2 heterocycles. The summed E-state index contributed by atoms with van der Waals surface area (Å²) in [5.41, 5.74) is 1.43. The molecule has 0 radical (unpaired) electrons. The first-order chi connectivity index (χ1) is 12.1. The number of carbonyl (C=O) groups is 1. The van der Waals surface area contributed by atoms with E-state index < -0.39 is 0 Å². The minimum atomic E-state index is -0.238. The predicted molar refractivity (Wildman–Crippen MR) is 96.4 cm³/mol. The number of hydrogen-bond acceptors (Lipinski definition) is 6. The maximum atomic E-state index is 12.3. The number of pyridine rings is 1. The van der Waals surface area contributed by atoms with Crippen molar-refractivity contribution in [2.24, 2.45) is 0 Å². The van der Waals surface area contributed by atoms with Crippen molar-refractivity contribution in [3.05, 3.63) is 42.1 Å². The molecular formula is C18H22N4O3. The highest BCUT2D eigenvalue weighted by atomic mass is 16.7. The molecule has 0 unspecified atom stereocenters. The topological polar surface area (TPSA) is 75.7 Å². The van der Waals surface area contributed by atoms with E-state index in [9.17, 15) is 4.79 Å². The first-order valence-electron chi connectivity index (χ1n) is 8.17. The maximum absolute atomic E-state index is 12.3. The van der Waals surface area contributed by atoms with E-state index in [0.717, 1.165) is 25.2 Å². The zero-order valence-electron chi connectivity index (χ0n) is 14.4. The van der Waals surface area contributed by atoms with Gasteiger partial charge in [-0.25, -0.2) is 4.98 Å². The van der Waals surface area contributed by atoms with Crippen LogP contribution in [0.25, 0.3) is 0 Å². The first kappa shape index (κ1) is 17.0. The molecule has 0 fully saturated rings. The second-order valence-electron chi connectivity index (χ2n) is 6.04. The van der Waals surface area contributed by atoms with E-state index in [-0.39, 0.29) is 12.7 Å². The molecule has 132 valence electrons. The van der Waals surface area contributed by atoms with Gasteiger partial charge in [0.05, 0.1) is 11.9 Å². The number of ether oxygens (including phenoxy) is 2. The average molecular weight is 342 g/mol. The zero-order chi connectivity index (χ0) is 17.6. The molecule has 2 N–H and O–H groups in total. The Labute approximate surface area is 147 Å². The van der Waals surface area contributed by atoms with Gasteiger partial charge in [0, 0.05) is 12.1 Å². The van der Waals surface area contributed by atoms with Gasteiger partial charge in [0.25, 0.3) is 5.91 Å². The molecule has 0 aliphatic carbocycles. The molecule has 7 nitrogen and oxygen atoms in total. The van der Waals surface area contributed by atoms with Crippen LogP contribution in [0.4, 0.5) is 11.5 Å². The van der Waals surface area contributed by atoms with Crippen LogP contribution in [0.1, 0.15) is 16.8 Å². The third-order valence-corrected chi connectivity index (χ3v) is 3.75. The van der Waals surface area contributed by atoms with Crippen molar-refractivity contribution in [1.82, 2.24) is 9.88 Å². The Kier molecular flexibility index (Phi) is 5.35. The summed E-state index contributed by atoms with van der Waals surface area (Å²) in [6.07, 6.45) is 2.76. The van der Waals surface area contributed by atoms with Crippen LogP contribution >= 0.6 is 0 Å². The zero-order valence-corrected chi connectivity index (χ0v) is 14.4. The molecule has 0 atom stereocenters. The molecule has 1 aromatic heterocycles. The van der Waals surface area contributed by atoms with Crippen molar-refractivity contribution in [2.45, 2.75) is 6.42 Å². The van der Waals surface area contributed by atoms with Gasteiger partial charge in [-0.05, 0) is 57.4 Å². The van der Waals surface area contributed by atoms with E-state index in [1.165, 1.54) is 0 Å². The van der Waals surface area contributed by atoms with Crippen molar-refractivity contribution in [3.8, 4) is 11.5 Å². The molecule has 7 heteroatoms. The molecule has 0 spiro atoms. The number of amides is 1. The molecule has 2 aromatic rings. The Morgan fingerprint density at radius 2 is 2.04 bits per heavy atom. The van der Waals surface area contributed by atoms with Gasteiger partial charge in [-0.1, -0.05) is 0 Å². The van der Waals surface area contributed by atoms with Crippen LogP contribution in [0.2, 0.25) is 0 Å². The summed E-state index contributed by atoms with van der Waals surface area (Å²) in [7, 11) is 4.11. The Balaban J connectivity index is 1.53. The Morgan fingerprint density at radius 1 is 1.20 bits per heavy atom. The number of nitrogens with one attached hydrogen (secondary N) is 2. The molecule has 1 aromatic carbocycles. The van der Waals surface area contributed by atoms with Gasteiger partial charge in [0.2, 0.25) is 6.79 Å². The summed E-state index contributed by atoms with van der Waals surface area (Å²) in [6, 6.07) is 8.77. The number of carbonyl (C=O) groups excluding carboxylic acids is 1. The number of anilines is 2. The number of fused-ring (bicyclic) bond motifs is 1. The molecule has 0 bridgehead atoms. The second kappa shape index (κ2) is 7.85. The van der Waals surface area contributed by atoms with Crippen molar-refractivity contribution in [1.29, 1.82) is 0 Å². The van der Waals surface area contributed by atoms with Crippen LogP contribution in [-0.2, 0) is 0 Å². The molecule has 25 heavy (non-hydrogen) atoms. The Morgan fingerprint density at radius 3 is 2.80 bits per heavy atom. The summed E-state index contributed by atoms with van der Waals surface area (Å²) in [6.45, 7) is 2.10. The fourth-order valence-corrected chi connectivity index (χ4v) is 2.43. The summed E-state index contributed by atoms with van der Waals surface area (Å²) >= 11 is 0. The lowest BCUT2D eigenvalue weighted by Gasteiger charge is -2.11. The van der Waals surface area contributed by atoms with Crippen LogP contribution in [0, 0.1) is 0 Å². The highest BCUT2D eigenvalue weighted by Gasteiger charge is 2.16. The number of nitrogens with zero attached hydrogens (tertiary/aromatic N) is 2. The van der Waals surface area contributed by atoms with Crippen molar-refractivity contribution in [3.63, 3.8) is 0 Å². The molecule has 0 saturated carbocycles. The molecule has 3 rings (SSSR count). The summed E-state index contributed by atoms with van der Waals surface area (Å²) < 4.78 is 10.5. The Hall–Kier alpha value is -2.80. The van der Waals surface area contributed by atoms with Crippen LogP contribution in [0.5, 0.6) is 11.5 Å². The fourth-order valence-electron chi connectivity index (χ4n) is 2.43. The van der Waals surface area contributed by atoms with E-state index in [1.807, 2.05) is 6.07 Å². The third kappa shape index (κ3) is 4.60. The monoisotopic (exact) mass is 342 g/mol. The smallest absolute Gasteiger partial charge is 0.256 e. The summed E-state index contributed by atoms with van der Waals surface area (Å²) in [5, 5.41) is 6.09. The second-order valence-corrected chi connectivity index (χ2v) is 6.04. The average Bonchev–Trinajstić information content (AvgIpc) is 3.07. The number of benzene rings is 1. The maximum Gasteiger partial charge on any atom is 0.256 e. The quantitative estimate of drug-likeness (QED) is 0.753. The van der Waals surface area contributed by atoms with Gasteiger partial charge in [-0.15, -0.1) is 0 Å². The molecule has 1 amide bonds. The van der Waals surface area contributed by atoms with E-state index in [2.05, 4.69) is 34.6 Å². The largest absolute Gasteiger partial charge is 0.454 e. The van der Waals surface area contributed by atoms with Gasteiger partial charge < -0.3 is 25.0 Å². The van der Waals surface area contributed by atoms with Gasteiger partial charge in [-0.3, -0.25) is 4.79 Å². The van der Waals surface area contributed by atoms with Crippen LogP contribution in [-0.4, -0.2) is 49.8 Å². The Bertz CT molecular complexity index is 732. The first-order valence-corrected chi connectivity index (χ1v) is 8.17. The number of aromatic nitrogens is 1. The van der Waals surface area contributed by atoms with E-state index in [4.69, 9.17) is 9.47 Å². The van der Waals surface area contributed by atoms with Gasteiger partial charge in [-0.2, -0.15) is 0 Å². The van der Waals surface area contributed by atoms with Crippen molar-refractivity contribution < 1.29 is 14.3 Å². The van der Waals surface area contributed by atoms with E-state index >= 15 is 0 Å². The lowest BCUT2D eigenvalue weighted by atomic mass is 10.2. The molecule has 1 aliphatic heterocycles. The number of rotatable bonds is 7.